The van der Waals surface area contributed by atoms with Crippen LogP contribution in [0.5, 0.6) is 11.5 Å². The number of hydrogen-bond donors (Lipinski definition) is 3. The molecule has 1 aromatic carbocycles. The van der Waals surface area contributed by atoms with Crippen molar-refractivity contribution in [3.63, 3.8) is 0 Å². The van der Waals surface area contributed by atoms with E-state index in [0.29, 0.717) is 37.6 Å². The molecule has 8 heteroatoms. The molecule has 0 aromatic heterocycles. The zero-order valence-corrected chi connectivity index (χ0v) is 15.1. The summed E-state index contributed by atoms with van der Waals surface area (Å²) in [6, 6.07) is 4.74. The van der Waals surface area contributed by atoms with E-state index in [4.69, 9.17) is 4.74 Å². The topological polar surface area (TPSA) is 65.9 Å². The van der Waals surface area contributed by atoms with E-state index in [2.05, 4.69) is 15.6 Å². The molecule has 0 aliphatic heterocycles. The molecule has 0 amide bonds. The number of hydrogen-bond acceptors (Lipinski definition) is 3. The van der Waals surface area contributed by atoms with Crippen LogP contribution in [0.15, 0.2) is 23.2 Å². The molecule has 1 aliphatic rings. The summed E-state index contributed by atoms with van der Waals surface area (Å²) in [5, 5.41) is 16.0. The Bertz CT molecular complexity index is 620. The average Bonchev–Trinajstić information content (AvgIpc) is 2.59. The minimum atomic E-state index is -4.14. The number of phenols is 1. The lowest BCUT2D eigenvalue weighted by atomic mass is 9.85. The maximum absolute atomic E-state index is 13.0. The van der Waals surface area contributed by atoms with E-state index in [-0.39, 0.29) is 24.6 Å². The molecule has 1 aromatic rings. The second-order valence-electron chi connectivity index (χ2n) is 6.45. The molecule has 2 rings (SSSR count). The van der Waals surface area contributed by atoms with Gasteiger partial charge >= 0.3 is 6.18 Å². The lowest BCUT2D eigenvalue weighted by Gasteiger charge is -2.31. The Kier molecular flexibility index (Phi) is 6.99. The van der Waals surface area contributed by atoms with E-state index < -0.39 is 12.1 Å². The van der Waals surface area contributed by atoms with Gasteiger partial charge in [0.1, 0.15) is 0 Å². The lowest BCUT2D eigenvalue weighted by molar-refractivity contribution is -0.183. The van der Waals surface area contributed by atoms with Crippen molar-refractivity contribution < 1.29 is 23.0 Å². The van der Waals surface area contributed by atoms with E-state index in [1.807, 2.05) is 6.92 Å². The number of alkyl halides is 3. The molecule has 1 fully saturated rings. The second-order valence-corrected chi connectivity index (χ2v) is 6.45. The molecule has 1 saturated carbocycles. The monoisotopic (exact) mass is 373 g/mol. The number of nitrogens with zero attached hydrogens (tertiary/aromatic N) is 1. The zero-order chi connectivity index (χ0) is 19.2. The first-order chi connectivity index (χ1) is 12.3. The van der Waals surface area contributed by atoms with Crippen LogP contribution in [-0.4, -0.2) is 36.9 Å². The van der Waals surface area contributed by atoms with E-state index >= 15 is 0 Å². The summed E-state index contributed by atoms with van der Waals surface area (Å²) in [7, 11) is 1.47. The number of guanidine groups is 1. The first-order valence-electron chi connectivity index (χ1n) is 8.81. The van der Waals surface area contributed by atoms with Gasteiger partial charge in [-0.3, -0.25) is 0 Å². The molecule has 0 bridgehead atoms. The summed E-state index contributed by atoms with van der Waals surface area (Å²) in [5.41, 5.74) is 0.775. The molecule has 5 nitrogen and oxygen atoms in total. The van der Waals surface area contributed by atoms with E-state index in [1.54, 1.807) is 18.2 Å². The molecule has 2 unspecified atom stereocenters. The summed E-state index contributed by atoms with van der Waals surface area (Å²) in [4.78, 5) is 4.42. The fraction of sp³-hybridized carbons (Fsp3) is 0.611. The molecule has 146 valence electrons. The van der Waals surface area contributed by atoms with Crippen LogP contribution in [0.1, 0.15) is 38.2 Å². The van der Waals surface area contributed by atoms with Crippen LogP contribution in [0, 0.1) is 5.92 Å². The van der Waals surface area contributed by atoms with Gasteiger partial charge in [0.05, 0.1) is 19.6 Å². The fourth-order valence-corrected chi connectivity index (χ4v) is 3.14. The minimum absolute atomic E-state index is 0.0264. The number of methoxy groups -OCH3 is 1. The SMILES string of the molecule is CCNC(=NCc1ccc(OC)c(O)c1)NC1CCCC(C(F)(F)F)C1. The highest BCUT2D eigenvalue weighted by atomic mass is 19.4. The highest BCUT2D eigenvalue weighted by molar-refractivity contribution is 5.80. The molecular formula is C18H26F3N3O2. The summed E-state index contributed by atoms with van der Waals surface area (Å²) in [5.74, 6) is -0.368. The van der Waals surface area contributed by atoms with Gasteiger partial charge in [-0.2, -0.15) is 13.2 Å². The number of halogens is 3. The van der Waals surface area contributed by atoms with Gasteiger partial charge < -0.3 is 20.5 Å². The Labute approximate surface area is 151 Å². The van der Waals surface area contributed by atoms with Gasteiger partial charge in [0.25, 0.3) is 0 Å². The third-order valence-electron chi connectivity index (χ3n) is 4.49. The molecule has 0 saturated heterocycles. The number of nitrogens with one attached hydrogen (secondary N) is 2. The largest absolute Gasteiger partial charge is 0.504 e. The minimum Gasteiger partial charge on any atom is -0.504 e. The third kappa shape index (κ3) is 5.71. The number of benzene rings is 1. The van der Waals surface area contributed by atoms with Crippen LogP contribution >= 0.6 is 0 Å². The maximum atomic E-state index is 13.0. The Morgan fingerprint density at radius 3 is 2.73 bits per heavy atom. The van der Waals surface area contributed by atoms with Gasteiger partial charge in [-0.15, -0.1) is 0 Å². The van der Waals surface area contributed by atoms with Crippen LogP contribution < -0.4 is 15.4 Å². The molecule has 0 radical (unpaired) electrons. The Morgan fingerprint density at radius 1 is 1.35 bits per heavy atom. The fourth-order valence-electron chi connectivity index (χ4n) is 3.14. The van der Waals surface area contributed by atoms with Crippen molar-refractivity contribution >= 4 is 5.96 Å². The van der Waals surface area contributed by atoms with Crippen molar-refractivity contribution in [3.05, 3.63) is 23.8 Å². The average molecular weight is 373 g/mol. The molecule has 0 spiro atoms. The highest BCUT2D eigenvalue weighted by Crippen LogP contribution is 2.37. The van der Waals surface area contributed by atoms with Crippen LogP contribution in [0.3, 0.4) is 0 Å². The second kappa shape index (κ2) is 9.00. The predicted octanol–water partition coefficient (Wildman–Crippen LogP) is 3.58. The van der Waals surface area contributed by atoms with Crippen LogP contribution in [0.2, 0.25) is 0 Å². The third-order valence-corrected chi connectivity index (χ3v) is 4.49. The summed E-state index contributed by atoms with van der Waals surface area (Å²) in [6.45, 7) is 2.80. The van der Waals surface area contributed by atoms with Crippen molar-refractivity contribution in [2.45, 2.75) is 51.4 Å². The number of phenolic OH excluding ortho intramolecular Hbond substituents is 1. The lowest BCUT2D eigenvalue weighted by Crippen LogP contribution is -2.46. The number of aromatic hydroxyl groups is 1. The van der Waals surface area contributed by atoms with Crippen LogP contribution in [0.4, 0.5) is 13.2 Å². The zero-order valence-electron chi connectivity index (χ0n) is 15.1. The van der Waals surface area contributed by atoms with Crippen LogP contribution in [0.25, 0.3) is 0 Å². The molecule has 1 aliphatic carbocycles. The standard InChI is InChI=1S/C18H26F3N3O2/c1-3-22-17(23-11-12-7-8-16(26-2)15(25)9-12)24-14-6-4-5-13(10-14)18(19,20)21/h7-9,13-14,25H,3-6,10-11H2,1-2H3,(H2,22,23,24). The van der Waals surface area contributed by atoms with E-state index in [1.165, 1.54) is 7.11 Å². The van der Waals surface area contributed by atoms with Gasteiger partial charge in [-0.25, -0.2) is 4.99 Å². The quantitative estimate of drug-likeness (QED) is 0.545. The first-order valence-corrected chi connectivity index (χ1v) is 8.81. The Balaban J connectivity index is 2.01. The first kappa shape index (κ1) is 20.2. The van der Waals surface area contributed by atoms with Crippen LogP contribution in [-0.2, 0) is 6.54 Å². The summed E-state index contributed by atoms with van der Waals surface area (Å²) < 4.78 is 43.9. The highest BCUT2D eigenvalue weighted by Gasteiger charge is 2.42. The van der Waals surface area contributed by atoms with Crippen molar-refractivity contribution in [2.24, 2.45) is 10.9 Å². The number of ether oxygens (including phenoxy) is 1. The number of aliphatic imine (C=N–C) groups is 1. The summed E-state index contributed by atoms with van der Waals surface area (Å²) in [6.07, 6.45) is -2.64. The smallest absolute Gasteiger partial charge is 0.391 e. The van der Waals surface area contributed by atoms with Crippen molar-refractivity contribution in [3.8, 4) is 11.5 Å². The van der Waals surface area contributed by atoms with Crippen molar-refractivity contribution in [1.82, 2.24) is 10.6 Å². The van der Waals surface area contributed by atoms with E-state index in [0.717, 1.165) is 5.56 Å². The van der Waals surface area contributed by atoms with Gasteiger partial charge in [0.2, 0.25) is 0 Å². The van der Waals surface area contributed by atoms with Crippen molar-refractivity contribution in [1.29, 1.82) is 0 Å². The van der Waals surface area contributed by atoms with E-state index in [9.17, 15) is 18.3 Å². The molecule has 3 N–H and O–H groups in total. The van der Waals surface area contributed by atoms with Gasteiger partial charge in [0.15, 0.2) is 17.5 Å². The van der Waals surface area contributed by atoms with Gasteiger partial charge in [-0.05, 0) is 43.9 Å². The summed E-state index contributed by atoms with van der Waals surface area (Å²) >= 11 is 0. The normalized spacial score (nSPS) is 21.3. The van der Waals surface area contributed by atoms with Gasteiger partial charge in [0, 0.05) is 12.6 Å². The molecule has 2 atom stereocenters. The maximum Gasteiger partial charge on any atom is 0.391 e. The van der Waals surface area contributed by atoms with Gasteiger partial charge in [-0.1, -0.05) is 12.5 Å². The predicted molar refractivity (Wildman–Crippen MR) is 94.4 cm³/mol. The number of rotatable bonds is 5. The Hall–Kier alpha value is -2.12. The molecule has 0 heterocycles. The molecular weight excluding hydrogens is 347 g/mol. The molecule has 26 heavy (non-hydrogen) atoms. The Morgan fingerprint density at radius 2 is 2.12 bits per heavy atom. The van der Waals surface area contributed by atoms with Crippen molar-refractivity contribution in [2.75, 3.05) is 13.7 Å².